The van der Waals surface area contributed by atoms with E-state index in [9.17, 15) is 8.42 Å². The summed E-state index contributed by atoms with van der Waals surface area (Å²) in [4.78, 5) is 23.3. The van der Waals surface area contributed by atoms with Gasteiger partial charge in [0.2, 0.25) is 27.8 Å². The number of hydrogen-bond donors (Lipinski definition) is 2. The van der Waals surface area contributed by atoms with Crippen LogP contribution in [0.3, 0.4) is 0 Å². The van der Waals surface area contributed by atoms with Crippen molar-refractivity contribution < 1.29 is 22.9 Å². The molecular formula is C35H49N10O4S2+. The van der Waals surface area contributed by atoms with Crippen LogP contribution in [0.4, 0.5) is 11.5 Å². The molecule has 274 valence electrons. The topological polar surface area (TPSA) is 127 Å². The van der Waals surface area contributed by atoms with E-state index >= 15 is 0 Å². The molecule has 3 fully saturated rings. The lowest BCUT2D eigenvalue weighted by Crippen LogP contribution is -2.51. The van der Waals surface area contributed by atoms with Gasteiger partial charge in [-0.2, -0.15) is 4.31 Å². The fourth-order valence-corrected chi connectivity index (χ4v) is 8.76. The third kappa shape index (κ3) is 7.85. The van der Waals surface area contributed by atoms with Crippen molar-refractivity contribution in [3.05, 3.63) is 42.7 Å². The van der Waals surface area contributed by atoms with Crippen molar-refractivity contribution in [2.75, 3.05) is 123 Å². The number of sulfonamides is 1. The van der Waals surface area contributed by atoms with Gasteiger partial charge in [-0.3, -0.25) is 4.90 Å². The Morgan fingerprint density at radius 2 is 1.61 bits per heavy atom. The third-order valence-electron chi connectivity index (χ3n) is 10.3. The lowest BCUT2D eigenvalue weighted by molar-refractivity contribution is -0.367. The van der Waals surface area contributed by atoms with E-state index in [1.807, 2.05) is 19.2 Å². The Morgan fingerprint density at radius 1 is 0.922 bits per heavy atom. The highest BCUT2D eigenvalue weighted by molar-refractivity contribution is 7.89. The average molecular weight is 738 g/mol. The number of nitrogens with one attached hydrogen (secondary N) is 3. The summed E-state index contributed by atoms with van der Waals surface area (Å²) in [6.45, 7) is 11.5. The summed E-state index contributed by atoms with van der Waals surface area (Å²) >= 11 is 5.79. The lowest BCUT2D eigenvalue weighted by Gasteiger charge is -2.34. The summed E-state index contributed by atoms with van der Waals surface area (Å²) in [6.07, 6.45) is 2.68. The Morgan fingerprint density at radius 3 is 2.29 bits per heavy atom. The summed E-state index contributed by atoms with van der Waals surface area (Å²) in [5.74, 6) is 2.41. The van der Waals surface area contributed by atoms with Gasteiger partial charge in [-0.05, 0) is 63.1 Å². The standard InChI is InChI=1S/C35H48N10O4S2/c1-40-10-14-42(15-11-40)9-4-22-49-31-24-29-28(23-30(31)48-3)32-33(39-29)36-25-37-34(32)43-16-18-44(19-17-43)35(50)38-26-5-7-27(8-6-26)51(46,47)45-20-12-41(2)13-21-45/h5-8,23-25H,4,9-22H2,1-3H3,(H,38,50)(H,36,37,39)/p+1. The second-order valence-corrected chi connectivity index (χ2v) is 16.0. The van der Waals surface area contributed by atoms with Gasteiger partial charge in [0.05, 0.1) is 50.3 Å². The van der Waals surface area contributed by atoms with E-state index in [1.54, 1.807) is 42.0 Å². The first-order chi connectivity index (χ1) is 24.7. The summed E-state index contributed by atoms with van der Waals surface area (Å²) in [5.41, 5.74) is 2.50. The summed E-state index contributed by atoms with van der Waals surface area (Å²) < 4.78 is 39.9. The zero-order valence-corrected chi connectivity index (χ0v) is 31.4. The molecule has 3 aliphatic heterocycles. The van der Waals surface area contributed by atoms with E-state index in [4.69, 9.17) is 21.7 Å². The number of rotatable bonds is 10. The lowest BCUT2D eigenvalue weighted by atomic mass is 10.1. The molecule has 4 aromatic rings. The molecule has 14 nitrogen and oxygen atoms in total. The Hall–Kier alpha value is -3.80. The van der Waals surface area contributed by atoms with Gasteiger partial charge < -0.3 is 39.4 Å². The van der Waals surface area contributed by atoms with Gasteiger partial charge in [0, 0.05) is 76.0 Å². The predicted octanol–water partition coefficient (Wildman–Crippen LogP) is 2.01. The van der Waals surface area contributed by atoms with Crippen molar-refractivity contribution in [3.8, 4) is 11.5 Å². The van der Waals surface area contributed by atoms with Crippen LogP contribution in [0.15, 0.2) is 47.6 Å². The smallest absolute Gasteiger partial charge is 0.243 e. The van der Waals surface area contributed by atoms with Crippen LogP contribution in [0.25, 0.3) is 21.9 Å². The van der Waals surface area contributed by atoms with E-state index in [0.717, 1.165) is 118 Å². The molecule has 2 aromatic heterocycles. The molecule has 3 saturated heterocycles. The van der Waals surface area contributed by atoms with Crippen LogP contribution in [0.1, 0.15) is 6.42 Å². The highest BCUT2D eigenvalue weighted by Crippen LogP contribution is 2.38. The van der Waals surface area contributed by atoms with Crippen LogP contribution in [0.2, 0.25) is 0 Å². The summed E-state index contributed by atoms with van der Waals surface area (Å²) in [7, 11) is 2.34. The van der Waals surface area contributed by atoms with Crippen molar-refractivity contribution >= 4 is 60.8 Å². The van der Waals surface area contributed by atoms with E-state index in [2.05, 4.69) is 51.8 Å². The van der Waals surface area contributed by atoms with Gasteiger partial charge >= 0.3 is 0 Å². The molecule has 0 radical (unpaired) electrons. The predicted molar refractivity (Wildman–Crippen MR) is 203 cm³/mol. The molecule has 0 saturated carbocycles. The maximum Gasteiger partial charge on any atom is 0.243 e. The number of ether oxygens (including phenoxy) is 2. The fourth-order valence-electron chi connectivity index (χ4n) is 7.04. The molecule has 0 amide bonds. The molecule has 51 heavy (non-hydrogen) atoms. The Bertz CT molecular complexity index is 1930. The molecule has 2 aromatic carbocycles. The van der Waals surface area contributed by atoms with Gasteiger partial charge in [-0.25, -0.2) is 13.4 Å². The van der Waals surface area contributed by atoms with Crippen molar-refractivity contribution in [2.24, 2.45) is 0 Å². The molecule has 7 rings (SSSR count). The number of anilines is 2. The normalized spacial score (nSPS) is 18.8. The first kappa shape index (κ1) is 35.6. The number of aromatic amines is 2. The van der Waals surface area contributed by atoms with Gasteiger partial charge in [0.25, 0.3) is 0 Å². The van der Waals surface area contributed by atoms with Crippen LogP contribution >= 0.6 is 12.2 Å². The van der Waals surface area contributed by atoms with E-state index in [1.165, 1.54) is 0 Å². The maximum absolute atomic E-state index is 13.1. The zero-order chi connectivity index (χ0) is 35.5. The fraction of sp³-hybridized carbons (Fsp3) is 0.514. The Labute approximate surface area is 305 Å². The van der Waals surface area contributed by atoms with Crippen LogP contribution in [0.5, 0.6) is 11.5 Å². The summed E-state index contributed by atoms with van der Waals surface area (Å²) in [5, 5.41) is 5.94. The number of piperazine rings is 3. The summed E-state index contributed by atoms with van der Waals surface area (Å²) in [6, 6.07) is 10.9. The number of aromatic nitrogens is 3. The molecule has 0 bridgehead atoms. The van der Waals surface area contributed by atoms with E-state index in [0.29, 0.717) is 35.5 Å². The van der Waals surface area contributed by atoms with E-state index in [-0.39, 0.29) is 0 Å². The molecule has 0 atom stereocenters. The second-order valence-electron chi connectivity index (χ2n) is 13.6. The molecule has 0 spiro atoms. The Balaban J connectivity index is 0.971. The number of hydrogen-bond acceptors (Lipinski definition) is 10. The minimum Gasteiger partial charge on any atom is -0.493 e. The van der Waals surface area contributed by atoms with Gasteiger partial charge in [0.15, 0.2) is 16.6 Å². The zero-order valence-electron chi connectivity index (χ0n) is 29.7. The van der Waals surface area contributed by atoms with Crippen LogP contribution < -0.4 is 24.7 Å². The molecule has 3 aliphatic rings. The van der Waals surface area contributed by atoms with Crippen LogP contribution in [-0.2, 0) is 10.0 Å². The Kier molecular flexibility index (Phi) is 10.8. The minimum absolute atomic E-state index is 0.299. The molecule has 3 N–H and O–H groups in total. The number of methoxy groups -OCH3 is 1. The van der Waals surface area contributed by atoms with Crippen LogP contribution in [0, 0.1) is 0 Å². The highest BCUT2D eigenvalue weighted by atomic mass is 32.2. The number of likely N-dealkylation sites (N-methyl/N-ethyl adjacent to an activating group) is 2. The number of thiocarbonyl (C=S) groups is 1. The van der Waals surface area contributed by atoms with Crippen LogP contribution in [-0.4, -0.2) is 160 Å². The molecule has 16 heteroatoms. The molecule has 0 unspecified atom stereocenters. The largest absolute Gasteiger partial charge is 0.493 e. The van der Waals surface area contributed by atoms with Crippen molar-refractivity contribution in [2.45, 2.75) is 11.3 Å². The maximum atomic E-state index is 13.1. The average Bonchev–Trinajstić information content (AvgIpc) is 3.52. The number of H-pyrrole nitrogens is 2. The number of nitrogens with zero attached hydrogens (tertiary/aromatic N) is 7. The van der Waals surface area contributed by atoms with Crippen molar-refractivity contribution in [1.29, 1.82) is 0 Å². The minimum atomic E-state index is -3.52. The van der Waals surface area contributed by atoms with E-state index < -0.39 is 10.0 Å². The first-order valence-corrected chi connectivity index (χ1v) is 19.6. The molecule has 5 heterocycles. The SMILES string of the molecule is COc1cc2c(cc1OCCCN1CCN(C)CC1)[nH]c1nc[nH+]c(N3CCN(C(=S)Nc4ccc(S(=O)(=O)N5CCN(C)CC5)cc4)CC3)c12. The first-order valence-electron chi connectivity index (χ1n) is 17.7. The van der Waals surface area contributed by atoms with Crippen molar-refractivity contribution in [3.63, 3.8) is 0 Å². The molecular weight excluding hydrogens is 689 g/mol. The molecule has 0 aliphatic carbocycles. The van der Waals surface area contributed by atoms with Crippen molar-refractivity contribution in [1.82, 2.24) is 33.9 Å². The third-order valence-corrected chi connectivity index (χ3v) is 12.5. The number of benzene rings is 2. The number of fused-ring (bicyclic) bond motifs is 3. The monoisotopic (exact) mass is 737 g/mol. The van der Waals surface area contributed by atoms with Gasteiger partial charge in [0.1, 0.15) is 5.39 Å². The highest BCUT2D eigenvalue weighted by Gasteiger charge is 2.29. The van der Waals surface area contributed by atoms with Gasteiger partial charge in [-0.15, -0.1) is 0 Å². The van der Waals surface area contributed by atoms with Gasteiger partial charge in [-0.1, -0.05) is 4.98 Å². The second kappa shape index (κ2) is 15.4. The quantitative estimate of drug-likeness (QED) is 0.183.